The van der Waals surface area contributed by atoms with Crippen molar-refractivity contribution >= 4 is 5.78 Å². The van der Waals surface area contributed by atoms with Gasteiger partial charge in [-0.3, -0.25) is 4.79 Å². The van der Waals surface area contributed by atoms with Crippen LogP contribution in [-0.2, 0) is 10.2 Å². The van der Waals surface area contributed by atoms with E-state index in [9.17, 15) is 4.79 Å². The molecule has 0 heterocycles. The van der Waals surface area contributed by atoms with E-state index in [-0.39, 0.29) is 23.2 Å². The summed E-state index contributed by atoms with van der Waals surface area (Å²) in [6.07, 6.45) is 1.09. The Morgan fingerprint density at radius 3 is 2.00 bits per heavy atom. The van der Waals surface area contributed by atoms with Crippen molar-refractivity contribution in [1.82, 2.24) is 0 Å². The maximum absolute atomic E-state index is 11.8. The molecule has 0 fully saturated rings. The highest BCUT2D eigenvalue weighted by atomic mass is 16.5. The highest BCUT2D eigenvalue weighted by molar-refractivity contribution is 5.85. The number of hydrogen-bond donors (Lipinski definition) is 0. The summed E-state index contributed by atoms with van der Waals surface area (Å²) < 4.78 is 5.55. The molecule has 106 valence electrons. The maximum Gasteiger partial charge on any atom is 0.175 e. The third kappa shape index (κ3) is 4.38. The standard InChI is InChI=1S/C17H26O2/c1-7-17(5,6)13-8-10-14(11-9-13)19-12-15(18)16(2,3)4/h8-11H,7,12H2,1-6H3. The molecule has 0 N–H and O–H groups in total. The first-order valence-electron chi connectivity index (χ1n) is 6.93. The van der Waals surface area contributed by atoms with E-state index in [0.717, 1.165) is 12.2 Å². The first-order valence-corrected chi connectivity index (χ1v) is 6.93. The average molecular weight is 262 g/mol. The monoisotopic (exact) mass is 262 g/mol. The fourth-order valence-corrected chi connectivity index (χ4v) is 1.57. The van der Waals surface area contributed by atoms with Crippen LogP contribution in [0.4, 0.5) is 0 Å². The van der Waals surface area contributed by atoms with Gasteiger partial charge in [-0.15, -0.1) is 0 Å². The lowest BCUT2D eigenvalue weighted by atomic mass is 9.82. The van der Waals surface area contributed by atoms with E-state index in [1.165, 1.54) is 5.56 Å². The molecule has 0 aromatic heterocycles. The van der Waals surface area contributed by atoms with E-state index in [1.807, 2.05) is 32.9 Å². The summed E-state index contributed by atoms with van der Waals surface area (Å²) >= 11 is 0. The fourth-order valence-electron chi connectivity index (χ4n) is 1.57. The van der Waals surface area contributed by atoms with Crippen LogP contribution in [0, 0.1) is 5.41 Å². The van der Waals surface area contributed by atoms with Gasteiger partial charge in [-0.05, 0) is 29.5 Å². The minimum absolute atomic E-state index is 0.116. The Labute approximate surface area is 117 Å². The summed E-state index contributed by atoms with van der Waals surface area (Å²) in [5.41, 5.74) is 1.13. The van der Waals surface area contributed by atoms with Crippen molar-refractivity contribution in [2.24, 2.45) is 5.41 Å². The van der Waals surface area contributed by atoms with Crippen molar-refractivity contribution in [2.75, 3.05) is 6.61 Å². The number of benzene rings is 1. The molecule has 0 radical (unpaired) electrons. The molecule has 0 amide bonds. The van der Waals surface area contributed by atoms with E-state index in [0.29, 0.717) is 0 Å². The van der Waals surface area contributed by atoms with Crippen LogP contribution in [0.1, 0.15) is 53.5 Å². The Morgan fingerprint density at radius 1 is 1.05 bits per heavy atom. The summed E-state index contributed by atoms with van der Waals surface area (Å²) in [6, 6.07) is 8.06. The van der Waals surface area contributed by atoms with Crippen LogP contribution in [0.15, 0.2) is 24.3 Å². The van der Waals surface area contributed by atoms with Crippen molar-refractivity contribution < 1.29 is 9.53 Å². The Bertz CT molecular complexity index is 422. The largest absolute Gasteiger partial charge is 0.486 e. The molecule has 1 rings (SSSR count). The van der Waals surface area contributed by atoms with Gasteiger partial charge in [-0.1, -0.05) is 53.7 Å². The van der Waals surface area contributed by atoms with E-state index >= 15 is 0 Å². The predicted molar refractivity (Wildman–Crippen MR) is 79.7 cm³/mol. The number of ether oxygens (including phenoxy) is 1. The number of ketones is 1. The first kappa shape index (κ1) is 15.7. The molecule has 0 saturated carbocycles. The van der Waals surface area contributed by atoms with Crippen LogP contribution in [0.3, 0.4) is 0 Å². The molecule has 0 aliphatic carbocycles. The minimum Gasteiger partial charge on any atom is -0.486 e. The third-order valence-electron chi connectivity index (χ3n) is 3.73. The quantitative estimate of drug-likeness (QED) is 0.787. The van der Waals surface area contributed by atoms with Gasteiger partial charge in [-0.25, -0.2) is 0 Å². The van der Waals surface area contributed by atoms with E-state index in [4.69, 9.17) is 4.74 Å². The summed E-state index contributed by atoms with van der Waals surface area (Å²) in [5, 5.41) is 0. The Hall–Kier alpha value is -1.31. The summed E-state index contributed by atoms with van der Waals surface area (Å²) in [6.45, 7) is 12.5. The van der Waals surface area contributed by atoms with Gasteiger partial charge in [0.05, 0.1) is 0 Å². The van der Waals surface area contributed by atoms with Gasteiger partial charge in [0, 0.05) is 5.41 Å². The lowest BCUT2D eigenvalue weighted by molar-refractivity contribution is -0.128. The molecule has 0 unspecified atom stereocenters. The Kier molecular flexibility index (Phi) is 4.78. The van der Waals surface area contributed by atoms with Crippen LogP contribution in [-0.4, -0.2) is 12.4 Å². The van der Waals surface area contributed by atoms with E-state index < -0.39 is 0 Å². The van der Waals surface area contributed by atoms with Crippen LogP contribution in [0.25, 0.3) is 0 Å². The minimum atomic E-state index is -0.343. The van der Waals surface area contributed by atoms with Crippen molar-refractivity contribution in [3.63, 3.8) is 0 Å². The van der Waals surface area contributed by atoms with Crippen LogP contribution >= 0.6 is 0 Å². The highest BCUT2D eigenvalue weighted by Gasteiger charge is 2.22. The second-order valence-corrected chi connectivity index (χ2v) is 6.72. The van der Waals surface area contributed by atoms with Crippen molar-refractivity contribution in [2.45, 2.75) is 53.4 Å². The lowest BCUT2D eigenvalue weighted by Crippen LogP contribution is -2.26. The number of carbonyl (C=O) groups is 1. The summed E-state index contributed by atoms with van der Waals surface area (Å²) in [5.74, 6) is 0.874. The van der Waals surface area contributed by atoms with Gasteiger partial charge in [-0.2, -0.15) is 0 Å². The normalized spacial score (nSPS) is 12.3. The smallest absolute Gasteiger partial charge is 0.175 e. The molecule has 2 heteroatoms. The van der Waals surface area contributed by atoms with Gasteiger partial charge < -0.3 is 4.74 Å². The SMILES string of the molecule is CCC(C)(C)c1ccc(OCC(=O)C(C)(C)C)cc1. The van der Waals surface area contributed by atoms with Crippen LogP contribution in [0.5, 0.6) is 5.75 Å². The topological polar surface area (TPSA) is 26.3 Å². The van der Waals surface area contributed by atoms with Gasteiger partial charge >= 0.3 is 0 Å². The number of carbonyl (C=O) groups excluding carboxylic acids is 1. The number of hydrogen-bond acceptors (Lipinski definition) is 2. The van der Waals surface area contributed by atoms with Crippen LogP contribution in [0.2, 0.25) is 0 Å². The zero-order valence-corrected chi connectivity index (χ0v) is 13.0. The van der Waals surface area contributed by atoms with Crippen LogP contribution < -0.4 is 4.74 Å². The molecule has 2 nitrogen and oxygen atoms in total. The molecule has 0 aliphatic heterocycles. The zero-order valence-electron chi connectivity index (χ0n) is 13.0. The maximum atomic E-state index is 11.8. The fraction of sp³-hybridized carbons (Fsp3) is 0.588. The van der Waals surface area contributed by atoms with E-state index in [2.05, 4.69) is 32.9 Å². The van der Waals surface area contributed by atoms with Gasteiger partial charge in [0.15, 0.2) is 5.78 Å². The molecule has 0 bridgehead atoms. The summed E-state index contributed by atoms with van der Waals surface area (Å²) in [7, 11) is 0. The second-order valence-electron chi connectivity index (χ2n) is 6.72. The third-order valence-corrected chi connectivity index (χ3v) is 3.73. The zero-order chi connectivity index (χ0) is 14.7. The van der Waals surface area contributed by atoms with Gasteiger partial charge in [0.25, 0.3) is 0 Å². The van der Waals surface area contributed by atoms with Crippen molar-refractivity contribution in [1.29, 1.82) is 0 Å². The molecule has 0 spiro atoms. The molecular formula is C17H26O2. The molecule has 19 heavy (non-hydrogen) atoms. The first-order chi connectivity index (χ1) is 8.66. The van der Waals surface area contributed by atoms with Crippen molar-refractivity contribution in [3.8, 4) is 5.75 Å². The molecular weight excluding hydrogens is 236 g/mol. The van der Waals surface area contributed by atoms with Gasteiger partial charge in [0.1, 0.15) is 12.4 Å². The second kappa shape index (κ2) is 5.77. The average Bonchev–Trinajstić information content (AvgIpc) is 2.35. The number of Topliss-reactive ketones (excluding diaryl/α,β-unsaturated/α-hetero) is 1. The highest BCUT2D eigenvalue weighted by Crippen LogP contribution is 2.28. The van der Waals surface area contributed by atoms with E-state index in [1.54, 1.807) is 0 Å². The molecule has 1 aromatic rings. The molecule has 0 saturated heterocycles. The molecule has 0 aliphatic rings. The predicted octanol–water partition coefficient (Wildman–Crippen LogP) is 4.37. The van der Waals surface area contributed by atoms with Crippen molar-refractivity contribution in [3.05, 3.63) is 29.8 Å². The summed E-state index contributed by atoms with van der Waals surface area (Å²) in [4.78, 5) is 11.8. The Morgan fingerprint density at radius 2 is 1.58 bits per heavy atom. The Balaban J connectivity index is 2.66. The molecule has 0 atom stereocenters. The number of rotatable bonds is 5. The lowest BCUT2D eigenvalue weighted by Gasteiger charge is -2.23. The molecule has 1 aromatic carbocycles. The van der Waals surface area contributed by atoms with Gasteiger partial charge in [0.2, 0.25) is 0 Å².